The summed E-state index contributed by atoms with van der Waals surface area (Å²) >= 11 is 1.88. The predicted octanol–water partition coefficient (Wildman–Crippen LogP) is 3.43. The molecule has 3 nitrogen and oxygen atoms in total. The Kier molecular flexibility index (Phi) is 3.89. The molecular formula is C16H26N2OS. The van der Waals surface area contributed by atoms with Crippen LogP contribution in [0.15, 0.2) is 12.3 Å². The first-order valence-electron chi connectivity index (χ1n) is 7.80. The van der Waals surface area contributed by atoms with Gasteiger partial charge in [0.1, 0.15) is 0 Å². The van der Waals surface area contributed by atoms with E-state index < -0.39 is 5.60 Å². The molecule has 0 amide bonds. The van der Waals surface area contributed by atoms with Gasteiger partial charge in [-0.2, -0.15) is 16.9 Å². The molecule has 1 saturated carbocycles. The molecule has 1 N–H and O–H groups in total. The molecule has 1 aromatic rings. The average Bonchev–Trinajstić information content (AvgIpc) is 2.95. The normalized spacial score (nSPS) is 30.8. The van der Waals surface area contributed by atoms with E-state index in [1.54, 1.807) is 0 Å². The number of thioether (sulfide) groups is 1. The Bertz CT molecular complexity index is 465. The first-order valence-corrected chi connectivity index (χ1v) is 8.96. The molecule has 2 heterocycles. The highest BCUT2D eigenvalue weighted by atomic mass is 32.2. The maximum Gasteiger partial charge on any atom is 0.0799 e. The van der Waals surface area contributed by atoms with E-state index >= 15 is 0 Å². The van der Waals surface area contributed by atoms with Crippen molar-refractivity contribution in [2.75, 3.05) is 11.5 Å². The van der Waals surface area contributed by atoms with Gasteiger partial charge < -0.3 is 5.11 Å². The second kappa shape index (κ2) is 5.38. The van der Waals surface area contributed by atoms with E-state index in [2.05, 4.69) is 30.8 Å². The van der Waals surface area contributed by atoms with Gasteiger partial charge in [0, 0.05) is 18.4 Å². The van der Waals surface area contributed by atoms with Gasteiger partial charge in [-0.05, 0) is 36.5 Å². The van der Waals surface area contributed by atoms with E-state index in [0.717, 1.165) is 23.6 Å². The van der Waals surface area contributed by atoms with Crippen molar-refractivity contribution in [2.24, 2.45) is 5.41 Å². The van der Waals surface area contributed by atoms with Crippen LogP contribution >= 0.6 is 11.8 Å². The summed E-state index contributed by atoms with van der Waals surface area (Å²) in [6.07, 6.45) is 8.86. The summed E-state index contributed by atoms with van der Waals surface area (Å²) in [5, 5.41) is 15.6. The molecule has 1 atom stereocenters. The highest BCUT2D eigenvalue weighted by molar-refractivity contribution is 7.99. The molecule has 1 unspecified atom stereocenters. The average molecular weight is 294 g/mol. The minimum Gasteiger partial charge on any atom is -0.389 e. The Morgan fingerprint density at radius 2 is 2.10 bits per heavy atom. The van der Waals surface area contributed by atoms with Crippen molar-refractivity contribution in [3.05, 3.63) is 18.0 Å². The van der Waals surface area contributed by atoms with Crippen LogP contribution in [0.5, 0.6) is 0 Å². The van der Waals surface area contributed by atoms with Crippen LogP contribution in [0.25, 0.3) is 0 Å². The van der Waals surface area contributed by atoms with Crippen molar-refractivity contribution in [3.63, 3.8) is 0 Å². The second-order valence-corrected chi connectivity index (χ2v) is 8.45. The van der Waals surface area contributed by atoms with Crippen molar-refractivity contribution in [1.29, 1.82) is 0 Å². The van der Waals surface area contributed by atoms with Gasteiger partial charge in [0.05, 0.1) is 17.3 Å². The van der Waals surface area contributed by atoms with Crippen molar-refractivity contribution in [2.45, 2.75) is 64.0 Å². The van der Waals surface area contributed by atoms with Crippen LogP contribution in [0.1, 0.15) is 57.7 Å². The van der Waals surface area contributed by atoms with Gasteiger partial charge in [0.25, 0.3) is 0 Å². The third-order valence-corrected chi connectivity index (χ3v) is 6.27. The van der Waals surface area contributed by atoms with Crippen LogP contribution in [0.4, 0.5) is 0 Å². The molecule has 0 spiro atoms. The summed E-state index contributed by atoms with van der Waals surface area (Å²) in [6, 6.07) is 2.69. The molecule has 0 aromatic carbocycles. The lowest BCUT2D eigenvalue weighted by Gasteiger charge is -2.40. The fourth-order valence-electron chi connectivity index (χ4n) is 3.80. The van der Waals surface area contributed by atoms with Crippen LogP contribution in [0.3, 0.4) is 0 Å². The van der Waals surface area contributed by atoms with E-state index in [0.29, 0.717) is 12.5 Å². The van der Waals surface area contributed by atoms with Gasteiger partial charge in [0.2, 0.25) is 0 Å². The van der Waals surface area contributed by atoms with Crippen molar-refractivity contribution >= 4 is 11.8 Å². The van der Waals surface area contributed by atoms with Crippen LogP contribution in [-0.4, -0.2) is 32.0 Å². The molecule has 0 radical (unpaired) electrons. The lowest BCUT2D eigenvalue weighted by atomic mass is 9.80. The molecule has 1 saturated heterocycles. The molecule has 1 aliphatic heterocycles. The molecule has 112 valence electrons. The predicted molar refractivity (Wildman–Crippen MR) is 84.1 cm³/mol. The standard InChI is InChI=1S/C16H26N2OS/c1-15(2)10-16(19,12-20-11-15)9-13-7-8-18(17-13)14-5-3-4-6-14/h7-8,14,19H,3-6,9-12H2,1-2H3. The number of aliphatic hydroxyl groups is 1. The molecule has 20 heavy (non-hydrogen) atoms. The molecule has 1 aliphatic carbocycles. The summed E-state index contributed by atoms with van der Waals surface area (Å²) in [5.41, 5.74) is 0.699. The molecule has 1 aromatic heterocycles. The van der Waals surface area contributed by atoms with E-state index in [1.807, 2.05) is 11.8 Å². The Morgan fingerprint density at radius 1 is 1.35 bits per heavy atom. The minimum atomic E-state index is -0.582. The van der Waals surface area contributed by atoms with Gasteiger partial charge in [-0.25, -0.2) is 0 Å². The zero-order chi connectivity index (χ0) is 14.2. The van der Waals surface area contributed by atoms with Crippen molar-refractivity contribution in [3.8, 4) is 0 Å². The maximum atomic E-state index is 10.9. The lowest BCUT2D eigenvalue weighted by molar-refractivity contribution is 0.0190. The van der Waals surface area contributed by atoms with E-state index in [4.69, 9.17) is 5.10 Å². The van der Waals surface area contributed by atoms with Crippen LogP contribution < -0.4 is 0 Å². The first kappa shape index (κ1) is 14.5. The SMILES string of the molecule is CC1(C)CSCC(O)(Cc2ccn(C3CCCC3)n2)C1. The third kappa shape index (κ3) is 3.22. The monoisotopic (exact) mass is 294 g/mol. The molecule has 0 bridgehead atoms. The van der Waals surface area contributed by atoms with Gasteiger partial charge in [-0.1, -0.05) is 26.7 Å². The third-order valence-electron chi connectivity index (χ3n) is 4.54. The zero-order valence-electron chi connectivity index (χ0n) is 12.6. The van der Waals surface area contributed by atoms with Gasteiger partial charge in [-0.15, -0.1) is 0 Å². The van der Waals surface area contributed by atoms with Crippen molar-refractivity contribution in [1.82, 2.24) is 9.78 Å². The fraction of sp³-hybridized carbons (Fsp3) is 0.812. The van der Waals surface area contributed by atoms with Gasteiger partial charge >= 0.3 is 0 Å². The quantitative estimate of drug-likeness (QED) is 0.928. The van der Waals surface area contributed by atoms with Crippen LogP contribution in [-0.2, 0) is 6.42 Å². The highest BCUT2D eigenvalue weighted by Gasteiger charge is 2.39. The summed E-state index contributed by atoms with van der Waals surface area (Å²) < 4.78 is 2.13. The topological polar surface area (TPSA) is 38.0 Å². The van der Waals surface area contributed by atoms with Crippen molar-refractivity contribution < 1.29 is 5.11 Å². The number of hydrogen-bond acceptors (Lipinski definition) is 3. The Balaban J connectivity index is 1.67. The molecule has 3 rings (SSSR count). The largest absolute Gasteiger partial charge is 0.389 e. The van der Waals surface area contributed by atoms with Crippen LogP contribution in [0, 0.1) is 5.41 Å². The molecule has 4 heteroatoms. The second-order valence-electron chi connectivity index (χ2n) is 7.46. The number of rotatable bonds is 3. The smallest absolute Gasteiger partial charge is 0.0799 e. The molecule has 2 fully saturated rings. The highest BCUT2D eigenvalue weighted by Crippen LogP contribution is 2.40. The number of aromatic nitrogens is 2. The summed E-state index contributed by atoms with van der Waals surface area (Å²) in [6.45, 7) is 4.50. The number of hydrogen-bond donors (Lipinski definition) is 1. The van der Waals surface area contributed by atoms with Crippen LogP contribution in [0.2, 0.25) is 0 Å². The van der Waals surface area contributed by atoms with E-state index in [1.165, 1.54) is 25.7 Å². The van der Waals surface area contributed by atoms with E-state index in [9.17, 15) is 5.11 Å². The van der Waals surface area contributed by atoms with Gasteiger partial charge in [0.15, 0.2) is 0 Å². The Labute approximate surface area is 126 Å². The number of nitrogens with zero attached hydrogens (tertiary/aromatic N) is 2. The molecule has 2 aliphatic rings. The maximum absolute atomic E-state index is 10.9. The van der Waals surface area contributed by atoms with E-state index in [-0.39, 0.29) is 5.41 Å². The summed E-state index contributed by atoms with van der Waals surface area (Å²) in [5.74, 6) is 1.98. The van der Waals surface area contributed by atoms with Gasteiger partial charge in [-0.3, -0.25) is 4.68 Å². The fourth-order valence-corrected chi connectivity index (χ4v) is 5.15. The molecular weight excluding hydrogens is 268 g/mol. The first-order chi connectivity index (χ1) is 9.46. The lowest BCUT2D eigenvalue weighted by Crippen LogP contribution is -2.44. The Hall–Kier alpha value is -0.480. The minimum absolute atomic E-state index is 0.228. The summed E-state index contributed by atoms with van der Waals surface area (Å²) in [7, 11) is 0. The zero-order valence-corrected chi connectivity index (χ0v) is 13.5. The summed E-state index contributed by atoms with van der Waals surface area (Å²) in [4.78, 5) is 0. The Morgan fingerprint density at radius 3 is 2.80 bits per heavy atom.